The summed E-state index contributed by atoms with van der Waals surface area (Å²) in [6, 6.07) is 8.32. The summed E-state index contributed by atoms with van der Waals surface area (Å²) in [5.74, 6) is 1.81. The van der Waals surface area contributed by atoms with Crippen molar-refractivity contribution >= 4 is 28.3 Å². The van der Waals surface area contributed by atoms with Crippen molar-refractivity contribution in [3.05, 3.63) is 29.8 Å². The van der Waals surface area contributed by atoms with Gasteiger partial charge in [-0.1, -0.05) is 19.3 Å². The van der Waals surface area contributed by atoms with Gasteiger partial charge in [0, 0.05) is 30.6 Å². The Hall–Kier alpha value is -2.10. The van der Waals surface area contributed by atoms with Gasteiger partial charge in [-0.25, -0.2) is 4.98 Å². The number of amides is 1. The number of nitrogens with one attached hydrogen (secondary N) is 1. The minimum atomic E-state index is 0.150. The van der Waals surface area contributed by atoms with Gasteiger partial charge >= 0.3 is 0 Å². The molecule has 2 aliphatic rings. The van der Waals surface area contributed by atoms with Crippen molar-refractivity contribution in [1.29, 1.82) is 0 Å². The second-order valence-electron chi connectivity index (χ2n) is 8.33. The number of aryl methyl sites for hydroxylation is 1. The Kier molecular flexibility index (Phi) is 5.61. The fourth-order valence-electron chi connectivity index (χ4n) is 4.60. The van der Waals surface area contributed by atoms with Crippen LogP contribution < -0.4 is 10.2 Å². The maximum atomic E-state index is 12.4. The number of carbonyl (C=O) groups excluding carboxylic acids is 1. The third-order valence-corrected chi connectivity index (χ3v) is 6.16. The van der Waals surface area contributed by atoms with E-state index >= 15 is 0 Å². The second kappa shape index (κ2) is 8.28. The molecule has 4 rings (SSSR count). The van der Waals surface area contributed by atoms with Gasteiger partial charge in [0.15, 0.2) is 0 Å². The average Bonchev–Trinajstić information content (AvgIpc) is 2.69. The summed E-state index contributed by atoms with van der Waals surface area (Å²) in [5, 5.41) is 4.24. The molecule has 4 heteroatoms. The minimum Gasteiger partial charge on any atom is -0.357 e. The van der Waals surface area contributed by atoms with Gasteiger partial charge in [-0.3, -0.25) is 4.79 Å². The maximum absolute atomic E-state index is 12.4. The number of carbonyl (C=O) groups is 1. The molecule has 0 bridgehead atoms. The van der Waals surface area contributed by atoms with Crippen molar-refractivity contribution < 1.29 is 4.79 Å². The molecule has 1 aromatic heterocycles. The molecule has 1 aromatic carbocycles. The summed E-state index contributed by atoms with van der Waals surface area (Å²) >= 11 is 0. The molecular weight excluding hydrogens is 334 g/mol. The van der Waals surface area contributed by atoms with Crippen molar-refractivity contribution in [3.63, 3.8) is 0 Å². The highest BCUT2D eigenvalue weighted by Crippen LogP contribution is 2.29. The van der Waals surface area contributed by atoms with E-state index in [0.29, 0.717) is 12.3 Å². The van der Waals surface area contributed by atoms with Gasteiger partial charge in [0.25, 0.3) is 0 Å². The number of aromatic nitrogens is 1. The number of piperidine rings is 1. The van der Waals surface area contributed by atoms with Gasteiger partial charge in [0.1, 0.15) is 5.82 Å². The minimum absolute atomic E-state index is 0.150. The van der Waals surface area contributed by atoms with Gasteiger partial charge in [0.2, 0.25) is 5.91 Å². The summed E-state index contributed by atoms with van der Waals surface area (Å²) in [5.41, 5.74) is 3.13. The van der Waals surface area contributed by atoms with E-state index < -0.39 is 0 Å². The lowest BCUT2D eigenvalue weighted by Crippen LogP contribution is -2.30. The molecule has 2 aromatic rings. The van der Waals surface area contributed by atoms with E-state index in [0.717, 1.165) is 35.5 Å². The molecule has 1 saturated carbocycles. The van der Waals surface area contributed by atoms with E-state index in [4.69, 9.17) is 4.98 Å². The predicted molar refractivity (Wildman–Crippen MR) is 112 cm³/mol. The lowest BCUT2D eigenvalue weighted by atomic mass is 9.87. The van der Waals surface area contributed by atoms with Crippen molar-refractivity contribution in [2.45, 2.75) is 64.7 Å². The van der Waals surface area contributed by atoms with Crippen molar-refractivity contribution in [2.75, 3.05) is 23.3 Å². The second-order valence-corrected chi connectivity index (χ2v) is 8.33. The first-order chi connectivity index (χ1) is 13.2. The fraction of sp³-hybridized carbons (Fsp3) is 0.565. The molecule has 0 radical (unpaired) electrons. The van der Waals surface area contributed by atoms with E-state index in [1.807, 2.05) is 12.1 Å². The Labute approximate surface area is 162 Å². The maximum Gasteiger partial charge on any atom is 0.224 e. The molecule has 144 valence electrons. The van der Waals surface area contributed by atoms with E-state index in [9.17, 15) is 4.79 Å². The summed E-state index contributed by atoms with van der Waals surface area (Å²) in [6.45, 7) is 4.35. The third kappa shape index (κ3) is 4.42. The van der Waals surface area contributed by atoms with Crippen LogP contribution in [-0.2, 0) is 4.79 Å². The van der Waals surface area contributed by atoms with Crippen LogP contribution in [-0.4, -0.2) is 24.0 Å². The van der Waals surface area contributed by atoms with Crippen LogP contribution in [0.4, 0.5) is 11.5 Å². The normalized spacial score (nSPS) is 18.6. The number of benzene rings is 1. The Morgan fingerprint density at radius 3 is 2.59 bits per heavy atom. The quantitative estimate of drug-likeness (QED) is 0.784. The molecule has 1 N–H and O–H groups in total. The van der Waals surface area contributed by atoms with Crippen LogP contribution in [0, 0.1) is 12.8 Å². The van der Waals surface area contributed by atoms with Crippen molar-refractivity contribution in [3.8, 4) is 0 Å². The fourth-order valence-corrected chi connectivity index (χ4v) is 4.60. The molecule has 0 spiro atoms. The topological polar surface area (TPSA) is 45.2 Å². The number of rotatable bonds is 4. The summed E-state index contributed by atoms with van der Waals surface area (Å²) in [7, 11) is 0. The molecule has 1 saturated heterocycles. The van der Waals surface area contributed by atoms with E-state index in [-0.39, 0.29) is 5.91 Å². The summed E-state index contributed by atoms with van der Waals surface area (Å²) in [4.78, 5) is 19.7. The highest BCUT2D eigenvalue weighted by molar-refractivity contribution is 5.94. The first-order valence-electron chi connectivity index (χ1n) is 10.7. The van der Waals surface area contributed by atoms with Gasteiger partial charge in [-0.05, 0) is 74.8 Å². The third-order valence-electron chi connectivity index (χ3n) is 6.16. The van der Waals surface area contributed by atoms with E-state index in [1.165, 1.54) is 56.9 Å². The largest absolute Gasteiger partial charge is 0.357 e. The number of anilines is 2. The molecule has 2 fully saturated rings. The Morgan fingerprint density at radius 2 is 1.81 bits per heavy atom. The Morgan fingerprint density at radius 1 is 1.07 bits per heavy atom. The van der Waals surface area contributed by atoms with Gasteiger partial charge in [-0.2, -0.15) is 0 Å². The molecule has 0 atom stereocenters. The lowest BCUT2D eigenvalue weighted by Gasteiger charge is -2.28. The van der Waals surface area contributed by atoms with Crippen LogP contribution in [0.15, 0.2) is 24.3 Å². The molecule has 1 aliphatic heterocycles. The lowest BCUT2D eigenvalue weighted by molar-refractivity contribution is -0.117. The molecule has 1 amide bonds. The van der Waals surface area contributed by atoms with Crippen LogP contribution in [0.5, 0.6) is 0 Å². The Balaban J connectivity index is 1.48. The number of pyridine rings is 1. The molecule has 4 nitrogen and oxygen atoms in total. The molecule has 2 heterocycles. The van der Waals surface area contributed by atoms with Gasteiger partial charge < -0.3 is 10.2 Å². The SMILES string of the molecule is Cc1cc(N2CCCCC2)nc2ccc(NC(=O)CC3CCCCC3)cc12. The van der Waals surface area contributed by atoms with Crippen LogP contribution in [0.3, 0.4) is 0 Å². The smallest absolute Gasteiger partial charge is 0.224 e. The van der Waals surface area contributed by atoms with Gasteiger partial charge in [0.05, 0.1) is 5.52 Å². The summed E-state index contributed by atoms with van der Waals surface area (Å²) < 4.78 is 0. The predicted octanol–water partition coefficient (Wildman–Crippen LogP) is 5.44. The number of hydrogen-bond donors (Lipinski definition) is 1. The van der Waals surface area contributed by atoms with E-state index in [1.54, 1.807) is 0 Å². The first kappa shape index (κ1) is 18.3. The number of hydrogen-bond acceptors (Lipinski definition) is 3. The zero-order valence-corrected chi connectivity index (χ0v) is 16.5. The molecule has 27 heavy (non-hydrogen) atoms. The van der Waals surface area contributed by atoms with Crippen molar-refractivity contribution in [1.82, 2.24) is 4.98 Å². The highest BCUT2D eigenvalue weighted by Gasteiger charge is 2.18. The summed E-state index contributed by atoms with van der Waals surface area (Å²) in [6.07, 6.45) is 10.8. The monoisotopic (exact) mass is 365 g/mol. The number of fused-ring (bicyclic) bond motifs is 1. The van der Waals surface area contributed by atoms with Crippen LogP contribution in [0.1, 0.15) is 63.4 Å². The van der Waals surface area contributed by atoms with Crippen LogP contribution in [0.2, 0.25) is 0 Å². The average molecular weight is 366 g/mol. The van der Waals surface area contributed by atoms with Crippen LogP contribution in [0.25, 0.3) is 10.9 Å². The van der Waals surface area contributed by atoms with Crippen LogP contribution >= 0.6 is 0 Å². The zero-order valence-electron chi connectivity index (χ0n) is 16.5. The highest BCUT2D eigenvalue weighted by atomic mass is 16.1. The first-order valence-corrected chi connectivity index (χ1v) is 10.7. The number of nitrogens with zero attached hydrogens (tertiary/aromatic N) is 2. The van der Waals surface area contributed by atoms with E-state index in [2.05, 4.69) is 29.3 Å². The standard InChI is InChI=1S/C23H31N3O/c1-17-14-22(26-12-6-3-7-13-26)25-21-11-10-19(16-20(17)21)24-23(27)15-18-8-4-2-5-9-18/h10-11,14,16,18H,2-9,12-13,15H2,1H3,(H,24,27). The molecular formula is C23H31N3O. The molecule has 1 aliphatic carbocycles. The van der Waals surface area contributed by atoms with Crippen molar-refractivity contribution in [2.24, 2.45) is 5.92 Å². The molecule has 0 unspecified atom stereocenters. The zero-order chi connectivity index (χ0) is 18.6. The Bertz CT molecular complexity index is 805. The van der Waals surface area contributed by atoms with Gasteiger partial charge in [-0.15, -0.1) is 0 Å².